The zero-order valence-electron chi connectivity index (χ0n) is 18.0. The first-order chi connectivity index (χ1) is 14.9. The molecule has 1 atom stereocenters. The number of benzene rings is 2. The number of amides is 1. The van der Waals surface area contributed by atoms with E-state index >= 15 is 0 Å². The van der Waals surface area contributed by atoms with Gasteiger partial charge in [0.25, 0.3) is 5.91 Å². The lowest BCUT2D eigenvalue weighted by Gasteiger charge is -2.18. The van der Waals surface area contributed by atoms with Gasteiger partial charge in [0.05, 0.1) is 11.4 Å². The van der Waals surface area contributed by atoms with Crippen LogP contribution in [0.5, 0.6) is 11.5 Å². The van der Waals surface area contributed by atoms with Crippen molar-refractivity contribution in [2.75, 3.05) is 26.2 Å². The molecule has 1 heterocycles. The molecule has 2 aromatic rings. The molecule has 0 bridgehead atoms. The Balaban J connectivity index is 1.45. The van der Waals surface area contributed by atoms with Crippen molar-refractivity contribution in [1.29, 1.82) is 0 Å². The summed E-state index contributed by atoms with van der Waals surface area (Å²) in [4.78, 5) is 12.7. The summed E-state index contributed by atoms with van der Waals surface area (Å²) in [7, 11) is -3.43. The molecule has 0 unspecified atom stereocenters. The Morgan fingerprint density at radius 1 is 1.10 bits per heavy atom. The van der Waals surface area contributed by atoms with Crippen LogP contribution < -0.4 is 14.8 Å². The molecule has 1 aliphatic heterocycles. The number of rotatable bonds is 10. The Morgan fingerprint density at radius 3 is 2.42 bits per heavy atom. The summed E-state index contributed by atoms with van der Waals surface area (Å²) in [5.74, 6) is 1.06. The van der Waals surface area contributed by atoms with Crippen molar-refractivity contribution in [3.05, 3.63) is 54.1 Å². The van der Waals surface area contributed by atoms with Gasteiger partial charge in [-0.2, -0.15) is 4.31 Å². The molecule has 3 rings (SSSR count). The van der Waals surface area contributed by atoms with E-state index in [0.717, 1.165) is 18.4 Å². The standard InChI is InChI=1S/C23H30N2O5S/c1-3-21(30-22-9-5-4-8-18(22)2)23(26)24-14-17-29-19-10-12-20(13-11-19)31(27,28)25-15-6-7-16-25/h4-5,8-13,21H,3,6-7,14-17H2,1-2H3,(H,24,26)/t21-/m1/s1. The summed E-state index contributed by atoms with van der Waals surface area (Å²) in [6.07, 6.45) is 1.78. The summed E-state index contributed by atoms with van der Waals surface area (Å²) >= 11 is 0. The van der Waals surface area contributed by atoms with E-state index in [1.807, 2.05) is 38.1 Å². The second kappa shape index (κ2) is 10.6. The third kappa shape index (κ3) is 5.98. The van der Waals surface area contributed by atoms with Gasteiger partial charge >= 0.3 is 0 Å². The van der Waals surface area contributed by atoms with E-state index < -0.39 is 16.1 Å². The second-order valence-corrected chi connectivity index (χ2v) is 9.44. The minimum absolute atomic E-state index is 0.193. The first kappa shape index (κ1) is 23.1. The molecule has 7 nitrogen and oxygen atoms in total. The maximum Gasteiger partial charge on any atom is 0.261 e. The van der Waals surface area contributed by atoms with Crippen LogP contribution in [0.15, 0.2) is 53.4 Å². The summed E-state index contributed by atoms with van der Waals surface area (Å²) in [6.45, 7) is 5.58. The van der Waals surface area contributed by atoms with Gasteiger partial charge in [-0.15, -0.1) is 0 Å². The Hall–Kier alpha value is -2.58. The Kier molecular flexibility index (Phi) is 7.92. The average molecular weight is 447 g/mol. The number of carbonyl (C=O) groups is 1. The van der Waals surface area contributed by atoms with E-state index in [9.17, 15) is 13.2 Å². The number of aryl methyl sites for hydroxylation is 1. The maximum absolute atomic E-state index is 12.6. The van der Waals surface area contributed by atoms with E-state index in [4.69, 9.17) is 9.47 Å². The number of para-hydroxylation sites is 1. The van der Waals surface area contributed by atoms with Crippen LogP contribution in [0, 0.1) is 6.92 Å². The van der Waals surface area contributed by atoms with Crippen LogP contribution in [0.4, 0.5) is 0 Å². The fourth-order valence-electron chi connectivity index (χ4n) is 3.41. The third-order valence-electron chi connectivity index (χ3n) is 5.22. The number of hydrogen-bond donors (Lipinski definition) is 1. The monoisotopic (exact) mass is 446 g/mol. The van der Waals surface area contributed by atoms with Crippen LogP contribution in [0.25, 0.3) is 0 Å². The molecule has 168 valence electrons. The average Bonchev–Trinajstić information content (AvgIpc) is 3.32. The molecule has 1 fully saturated rings. The summed E-state index contributed by atoms with van der Waals surface area (Å²) in [6, 6.07) is 14.0. The molecule has 8 heteroatoms. The van der Waals surface area contributed by atoms with Crippen LogP contribution in [0.1, 0.15) is 31.7 Å². The molecule has 0 spiro atoms. The van der Waals surface area contributed by atoms with Gasteiger partial charge in [0.15, 0.2) is 6.10 Å². The molecule has 1 aliphatic rings. The van der Waals surface area contributed by atoms with Crippen molar-refractivity contribution in [3.8, 4) is 11.5 Å². The van der Waals surface area contributed by atoms with E-state index in [0.29, 0.717) is 37.6 Å². The van der Waals surface area contributed by atoms with Crippen molar-refractivity contribution in [2.24, 2.45) is 0 Å². The van der Waals surface area contributed by atoms with Crippen molar-refractivity contribution < 1.29 is 22.7 Å². The van der Waals surface area contributed by atoms with Gasteiger partial charge in [-0.3, -0.25) is 4.79 Å². The highest BCUT2D eigenvalue weighted by atomic mass is 32.2. The molecule has 0 saturated carbocycles. The molecule has 2 aromatic carbocycles. The largest absolute Gasteiger partial charge is 0.492 e. The highest BCUT2D eigenvalue weighted by molar-refractivity contribution is 7.89. The molecule has 1 N–H and O–H groups in total. The third-order valence-corrected chi connectivity index (χ3v) is 7.14. The predicted molar refractivity (Wildman–Crippen MR) is 119 cm³/mol. The van der Waals surface area contributed by atoms with E-state index in [1.165, 1.54) is 4.31 Å². The number of hydrogen-bond acceptors (Lipinski definition) is 5. The smallest absolute Gasteiger partial charge is 0.261 e. The maximum atomic E-state index is 12.6. The number of carbonyl (C=O) groups excluding carboxylic acids is 1. The fraction of sp³-hybridized carbons (Fsp3) is 0.435. The van der Waals surface area contributed by atoms with Crippen LogP contribution >= 0.6 is 0 Å². The van der Waals surface area contributed by atoms with Gasteiger partial charge < -0.3 is 14.8 Å². The van der Waals surface area contributed by atoms with Gasteiger partial charge in [0, 0.05) is 13.1 Å². The van der Waals surface area contributed by atoms with Gasteiger partial charge in [-0.25, -0.2) is 8.42 Å². The number of sulfonamides is 1. The molecule has 31 heavy (non-hydrogen) atoms. The summed E-state index contributed by atoms with van der Waals surface area (Å²) in [5, 5.41) is 2.82. The van der Waals surface area contributed by atoms with Crippen molar-refractivity contribution in [2.45, 2.75) is 44.1 Å². The van der Waals surface area contributed by atoms with Crippen molar-refractivity contribution in [3.63, 3.8) is 0 Å². The normalized spacial score (nSPS) is 15.4. The summed E-state index contributed by atoms with van der Waals surface area (Å²) in [5.41, 5.74) is 0.979. The SMILES string of the molecule is CC[C@@H](Oc1ccccc1C)C(=O)NCCOc1ccc(S(=O)(=O)N2CCCC2)cc1. The van der Waals surface area contributed by atoms with E-state index in [1.54, 1.807) is 24.3 Å². The van der Waals surface area contributed by atoms with Crippen LogP contribution in [0.3, 0.4) is 0 Å². The number of nitrogens with zero attached hydrogens (tertiary/aromatic N) is 1. The molecular weight excluding hydrogens is 416 g/mol. The lowest BCUT2D eigenvalue weighted by atomic mass is 10.2. The highest BCUT2D eigenvalue weighted by Gasteiger charge is 2.27. The van der Waals surface area contributed by atoms with E-state index in [-0.39, 0.29) is 17.4 Å². The number of ether oxygens (including phenoxy) is 2. The Bertz CT molecular complexity index is 970. The molecular formula is C23H30N2O5S. The highest BCUT2D eigenvalue weighted by Crippen LogP contribution is 2.23. The molecule has 1 saturated heterocycles. The van der Waals surface area contributed by atoms with Crippen LogP contribution in [0.2, 0.25) is 0 Å². The summed E-state index contributed by atoms with van der Waals surface area (Å²) < 4.78 is 38.1. The Morgan fingerprint density at radius 2 is 1.77 bits per heavy atom. The van der Waals surface area contributed by atoms with Gasteiger partial charge in [0.2, 0.25) is 10.0 Å². The topological polar surface area (TPSA) is 84.9 Å². The number of nitrogens with one attached hydrogen (secondary N) is 1. The minimum atomic E-state index is -3.43. The predicted octanol–water partition coefficient (Wildman–Crippen LogP) is 3.13. The molecule has 0 radical (unpaired) electrons. The van der Waals surface area contributed by atoms with Gasteiger partial charge in [0.1, 0.15) is 18.1 Å². The lowest BCUT2D eigenvalue weighted by molar-refractivity contribution is -0.128. The zero-order valence-corrected chi connectivity index (χ0v) is 18.9. The quantitative estimate of drug-likeness (QED) is 0.567. The minimum Gasteiger partial charge on any atom is -0.492 e. The lowest BCUT2D eigenvalue weighted by Crippen LogP contribution is -2.39. The first-order valence-corrected chi connectivity index (χ1v) is 12.1. The van der Waals surface area contributed by atoms with E-state index in [2.05, 4.69) is 5.32 Å². The van der Waals surface area contributed by atoms with Crippen LogP contribution in [-0.4, -0.2) is 51.0 Å². The molecule has 0 aliphatic carbocycles. The van der Waals surface area contributed by atoms with Crippen molar-refractivity contribution in [1.82, 2.24) is 9.62 Å². The molecule has 0 aromatic heterocycles. The first-order valence-electron chi connectivity index (χ1n) is 10.6. The van der Waals surface area contributed by atoms with Gasteiger partial charge in [-0.1, -0.05) is 25.1 Å². The van der Waals surface area contributed by atoms with Gasteiger partial charge in [-0.05, 0) is 62.1 Å². The Labute approximate surface area is 184 Å². The zero-order chi connectivity index (χ0) is 22.3. The van der Waals surface area contributed by atoms with Crippen LogP contribution in [-0.2, 0) is 14.8 Å². The second-order valence-electron chi connectivity index (χ2n) is 7.50. The fourth-order valence-corrected chi connectivity index (χ4v) is 4.92. The molecule has 1 amide bonds. The van der Waals surface area contributed by atoms with Crippen molar-refractivity contribution >= 4 is 15.9 Å².